The number of benzene rings is 3. The predicted molar refractivity (Wildman–Crippen MR) is 128 cm³/mol. The van der Waals surface area contributed by atoms with E-state index < -0.39 is 11.2 Å². The molecule has 1 aliphatic heterocycles. The zero-order valence-electron chi connectivity index (χ0n) is 16.9. The van der Waals surface area contributed by atoms with Gasteiger partial charge >= 0.3 is 0 Å². The van der Waals surface area contributed by atoms with Gasteiger partial charge in [-0.2, -0.15) is 5.26 Å². The predicted octanol–water partition coefficient (Wildman–Crippen LogP) is 5.40. The fraction of sp³-hybridized carbons (Fsp3) is 0.0800. The zero-order chi connectivity index (χ0) is 22.5. The minimum Gasteiger partial charge on any atom is -0.321 e. The second-order valence-electron chi connectivity index (χ2n) is 7.06. The van der Waals surface area contributed by atoms with Crippen molar-refractivity contribution < 1.29 is 9.59 Å². The number of carbonyl (C=O) groups is 2. The molecule has 0 unspecified atom stereocenters. The summed E-state index contributed by atoms with van der Waals surface area (Å²) < 4.78 is 0. The maximum atomic E-state index is 13.4. The molecule has 1 aliphatic rings. The Labute approximate surface area is 195 Å². The molecule has 7 heteroatoms. The summed E-state index contributed by atoms with van der Waals surface area (Å²) in [6.45, 7) is 0. The Morgan fingerprint density at radius 3 is 2.25 bits per heavy atom. The van der Waals surface area contributed by atoms with E-state index in [1.165, 1.54) is 16.7 Å². The van der Waals surface area contributed by atoms with Gasteiger partial charge in [0.05, 0.1) is 5.25 Å². The van der Waals surface area contributed by atoms with Crippen molar-refractivity contribution in [2.45, 2.75) is 11.7 Å². The molecule has 5 nitrogen and oxygen atoms in total. The van der Waals surface area contributed by atoms with Gasteiger partial charge in [-0.05, 0) is 48.4 Å². The number of thioether (sulfide) groups is 1. The van der Waals surface area contributed by atoms with Crippen LogP contribution in [-0.4, -0.2) is 17.1 Å². The van der Waals surface area contributed by atoms with Crippen molar-refractivity contribution >= 4 is 46.6 Å². The molecule has 32 heavy (non-hydrogen) atoms. The van der Waals surface area contributed by atoms with Crippen LogP contribution in [0.2, 0.25) is 5.02 Å². The maximum Gasteiger partial charge on any atom is 0.269 e. The van der Waals surface area contributed by atoms with Crippen molar-refractivity contribution in [1.29, 1.82) is 5.26 Å². The third-order valence-corrected chi connectivity index (χ3v) is 6.40. The summed E-state index contributed by atoms with van der Waals surface area (Å²) in [7, 11) is 0. The molecule has 0 radical (unpaired) electrons. The second kappa shape index (κ2) is 9.73. The minimum absolute atomic E-state index is 0.113. The van der Waals surface area contributed by atoms with E-state index in [9.17, 15) is 14.9 Å². The van der Waals surface area contributed by atoms with Crippen molar-refractivity contribution in [3.05, 3.63) is 106 Å². The zero-order valence-corrected chi connectivity index (χ0v) is 18.4. The van der Waals surface area contributed by atoms with Gasteiger partial charge in [0, 0.05) is 16.4 Å². The van der Waals surface area contributed by atoms with Gasteiger partial charge in [0.25, 0.3) is 5.91 Å². The number of nitrogens with zero attached hydrogens (tertiary/aromatic N) is 2. The summed E-state index contributed by atoms with van der Waals surface area (Å²) in [4.78, 5) is 27.8. The van der Waals surface area contributed by atoms with Crippen LogP contribution in [0.4, 0.5) is 11.4 Å². The van der Waals surface area contributed by atoms with Crippen LogP contribution < -0.4 is 10.2 Å². The number of nitriles is 1. The fourth-order valence-electron chi connectivity index (χ4n) is 3.35. The van der Waals surface area contributed by atoms with Crippen LogP contribution in [0, 0.1) is 11.3 Å². The van der Waals surface area contributed by atoms with E-state index in [1.807, 2.05) is 54.6 Å². The van der Waals surface area contributed by atoms with E-state index in [0.29, 0.717) is 27.8 Å². The quantitative estimate of drug-likeness (QED) is 0.409. The highest BCUT2D eigenvalue weighted by molar-refractivity contribution is 8.05. The lowest BCUT2D eigenvalue weighted by atomic mass is 10.1. The molecule has 1 heterocycles. The number of hydrogen-bond acceptors (Lipinski definition) is 4. The summed E-state index contributed by atoms with van der Waals surface area (Å²) in [6.07, 6.45) is 0.495. The summed E-state index contributed by atoms with van der Waals surface area (Å²) in [6, 6.07) is 27.3. The lowest BCUT2D eigenvalue weighted by Crippen LogP contribution is -2.30. The van der Waals surface area contributed by atoms with Crippen LogP contribution in [0.5, 0.6) is 0 Å². The first-order chi connectivity index (χ1) is 15.6. The Bertz CT molecular complexity index is 1210. The van der Waals surface area contributed by atoms with Gasteiger partial charge in [0.15, 0.2) is 0 Å². The van der Waals surface area contributed by atoms with Crippen molar-refractivity contribution in [3.8, 4) is 6.07 Å². The standard InChI is InChI=1S/C25H18ClN3O2S/c26-18-11-13-19(14-12-18)28-23(30)21(16-27)25-29(20-9-5-2-6-10-20)24(31)22(32-25)15-17-7-3-1-4-8-17/h1-14,22H,15H2,(H,28,30)/b25-21-/t22-/m0/s1. The molecule has 0 aliphatic carbocycles. The van der Waals surface area contributed by atoms with Gasteiger partial charge in [-0.15, -0.1) is 0 Å². The van der Waals surface area contributed by atoms with Crippen LogP contribution in [0.15, 0.2) is 95.5 Å². The largest absolute Gasteiger partial charge is 0.321 e. The van der Waals surface area contributed by atoms with E-state index in [1.54, 1.807) is 36.4 Å². The molecule has 2 amide bonds. The lowest BCUT2D eigenvalue weighted by molar-refractivity contribution is -0.117. The molecule has 0 spiro atoms. The number of nitrogens with one attached hydrogen (secondary N) is 1. The average molecular weight is 460 g/mol. The molecule has 1 atom stereocenters. The molecule has 0 aromatic heterocycles. The number of halogens is 1. The number of anilines is 2. The monoisotopic (exact) mass is 459 g/mol. The molecule has 0 bridgehead atoms. The highest BCUT2D eigenvalue weighted by Gasteiger charge is 2.40. The molecule has 3 aromatic carbocycles. The lowest BCUT2D eigenvalue weighted by Gasteiger charge is -2.18. The smallest absolute Gasteiger partial charge is 0.269 e. The molecule has 1 N–H and O–H groups in total. The summed E-state index contributed by atoms with van der Waals surface area (Å²) in [5.74, 6) is -0.737. The second-order valence-corrected chi connectivity index (χ2v) is 8.69. The first-order valence-electron chi connectivity index (χ1n) is 9.87. The van der Waals surface area contributed by atoms with Crippen LogP contribution in [0.3, 0.4) is 0 Å². The van der Waals surface area contributed by atoms with E-state index >= 15 is 0 Å². The van der Waals surface area contributed by atoms with Crippen LogP contribution in [0.25, 0.3) is 0 Å². The Morgan fingerprint density at radius 1 is 1.00 bits per heavy atom. The molecule has 0 saturated carbocycles. The molecule has 1 fully saturated rings. The first kappa shape index (κ1) is 21.7. The van der Waals surface area contributed by atoms with E-state index in [2.05, 4.69) is 5.32 Å². The Morgan fingerprint density at radius 2 is 1.62 bits per heavy atom. The Balaban J connectivity index is 1.70. The third kappa shape index (κ3) is 4.70. The molecule has 158 valence electrons. The topological polar surface area (TPSA) is 73.2 Å². The molecule has 4 rings (SSSR count). The Kier molecular flexibility index (Phi) is 6.60. The number of hydrogen-bond donors (Lipinski definition) is 1. The van der Waals surface area contributed by atoms with Crippen molar-refractivity contribution in [2.24, 2.45) is 0 Å². The van der Waals surface area contributed by atoms with E-state index in [-0.39, 0.29) is 11.5 Å². The Hall–Kier alpha value is -3.53. The maximum absolute atomic E-state index is 13.4. The number of carbonyl (C=O) groups excluding carboxylic acids is 2. The minimum atomic E-state index is -0.577. The van der Waals surface area contributed by atoms with E-state index in [0.717, 1.165) is 5.56 Å². The number of amides is 2. The van der Waals surface area contributed by atoms with Crippen molar-refractivity contribution in [1.82, 2.24) is 0 Å². The molecule has 3 aromatic rings. The average Bonchev–Trinajstić information content (AvgIpc) is 3.12. The SMILES string of the molecule is N#C/C(C(=O)Nc1ccc(Cl)cc1)=C1/S[C@@H](Cc2ccccc2)C(=O)N1c1ccccc1. The number of rotatable bonds is 5. The van der Waals surface area contributed by atoms with Crippen LogP contribution >= 0.6 is 23.4 Å². The van der Waals surface area contributed by atoms with Gasteiger partial charge in [-0.3, -0.25) is 14.5 Å². The summed E-state index contributed by atoms with van der Waals surface area (Å²) in [5, 5.41) is 13.0. The normalized spacial score (nSPS) is 17.1. The van der Waals surface area contributed by atoms with Gasteiger partial charge < -0.3 is 5.32 Å². The van der Waals surface area contributed by atoms with Crippen molar-refractivity contribution in [3.63, 3.8) is 0 Å². The molecular weight excluding hydrogens is 442 g/mol. The van der Waals surface area contributed by atoms with Crippen LogP contribution in [0.1, 0.15) is 5.56 Å². The highest BCUT2D eigenvalue weighted by atomic mass is 35.5. The van der Waals surface area contributed by atoms with Crippen LogP contribution in [-0.2, 0) is 16.0 Å². The highest BCUT2D eigenvalue weighted by Crippen LogP contribution is 2.42. The van der Waals surface area contributed by atoms with Gasteiger partial charge in [-0.25, -0.2) is 0 Å². The third-order valence-electron chi connectivity index (χ3n) is 4.89. The van der Waals surface area contributed by atoms with E-state index in [4.69, 9.17) is 11.6 Å². The van der Waals surface area contributed by atoms with Gasteiger partial charge in [0.2, 0.25) is 5.91 Å². The summed E-state index contributed by atoms with van der Waals surface area (Å²) in [5.41, 5.74) is 2.02. The van der Waals surface area contributed by atoms with Gasteiger partial charge in [-0.1, -0.05) is 71.9 Å². The van der Waals surface area contributed by atoms with Crippen molar-refractivity contribution in [2.75, 3.05) is 10.2 Å². The van der Waals surface area contributed by atoms with Gasteiger partial charge in [0.1, 0.15) is 16.7 Å². The first-order valence-corrected chi connectivity index (χ1v) is 11.1. The fourth-order valence-corrected chi connectivity index (χ4v) is 4.79. The summed E-state index contributed by atoms with van der Waals surface area (Å²) >= 11 is 7.15. The molecular formula is C25H18ClN3O2S. The number of para-hydroxylation sites is 1. The molecule has 1 saturated heterocycles.